The second kappa shape index (κ2) is 8.16. The molecule has 5 aromatic rings. The van der Waals surface area contributed by atoms with Crippen LogP contribution >= 0.6 is 11.3 Å². The molecule has 2 heterocycles. The molecule has 5 rings (SSSR count). The van der Waals surface area contributed by atoms with Gasteiger partial charge in [-0.1, -0.05) is 41.7 Å². The molecule has 3 aromatic carbocycles. The van der Waals surface area contributed by atoms with E-state index in [9.17, 15) is 4.79 Å². The molecular weight excluding hydrogens is 406 g/mol. The Balaban J connectivity index is 1.44. The molecule has 0 aliphatic carbocycles. The molecule has 0 saturated carbocycles. The number of hydrogen-bond acceptors (Lipinski definition) is 5. The third-order valence-corrected chi connectivity index (χ3v) is 6.00. The Hall–Kier alpha value is -3.77. The van der Waals surface area contributed by atoms with Gasteiger partial charge in [-0.05, 0) is 60.2 Å². The largest absolute Gasteiger partial charge is 0.493 e. The smallest absolute Gasteiger partial charge is 0.260 e. The number of aromatic nitrogens is 2. The van der Waals surface area contributed by atoms with Crippen molar-refractivity contribution in [1.29, 1.82) is 0 Å². The second-order valence-electron chi connectivity index (χ2n) is 6.97. The van der Waals surface area contributed by atoms with E-state index >= 15 is 0 Å². The molecule has 0 spiro atoms. The summed E-state index contributed by atoms with van der Waals surface area (Å²) in [4.78, 5) is 23.1. The normalized spacial score (nSPS) is 11.0. The first-order valence-electron chi connectivity index (χ1n) is 10.0. The van der Waals surface area contributed by atoms with Gasteiger partial charge in [0, 0.05) is 17.4 Å². The van der Waals surface area contributed by atoms with Gasteiger partial charge in [-0.25, -0.2) is 9.97 Å². The Kier molecular flexibility index (Phi) is 5.06. The number of pyridine rings is 1. The second-order valence-corrected chi connectivity index (χ2v) is 7.95. The van der Waals surface area contributed by atoms with E-state index in [4.69, 9.17) is 4.74 Å². The van der Waals surface area contributed by atoms with Gasteiger partial charge in [0.1, 0.15) is 21.1 Å². The van der Waals surface area contributed by atoms with Crippen molar-refractivity contribution >= 4 is 44.1 Å². The molecule has 2 aromatic heterocycles. The van der Waals surface area contributed by atoms with Gasteiger partial charge in [0.15, 0.2) is 0 Å². The summed E-state index contributed by atoms with van der Waals surface area (Å²) in [5.41, 5.74) is 3.13. The number of carbonyl (C=O) groups is 1. The first-order chi connectivity index (χ1) is 15.2. The third kappa shape index (κ3) is 3.73. The monoisotopic (exact) mass is 425 g/mol. The average molecular weight is 426 g/mol. The lowest BCUT2D eigenvalue weighted by Crippen LogP contribution is -2.14. The Morgan fingerprint density at radius 1 is 1.00 bits per heavy atom. The van der Waals surface area contributed by atoms with E-state index in [0.717, 1.165) is 31.7 Å². The molecule has 0 atom stereocenters. The molecule has 0 fully saturated rings. The molecule has 152 valence electrons. The number of carbonyl (C=O) groups excluding carboxylic acids is 1. The van der Waals surface area contributed by atoms with Gasteiger partial charge < -0.3 is 10.1 Å². The van der Waals surface area contributed by atoms with Crippen LogP contribution in [0.4, 0.5) is 5.69 Å². The van der Waals surface area contributed by atoms with Crippen LogP contribution in [0.1, 0.15) is 17.3 Å². The van der Waals surface area contributed by atoms with Crippen molar-refractivity contribution < 1.29 is 9.53 Å². The van der Waals surface area contributed by atoms with Crippen molar-refractivity contribution in [2.75, 3.05) is 11.9 Å². The maximum atomic E-state index is 13.2. The molecule has 0 aliphatic heterocycles. The van der Waals surface area contributed by atoms with Crippen LogP contribution in [0, 0.1) is 0 Å². The van der Waals surface area contributed by atoms with Crippen LogP contribution < -0.4 is 10.1 Å². The molecule has 6 heteroatoms. The Morgan fingerprint density at radius 2 is 1.84 bits per heavy atom. The standard InChI is InChI=1S/C25H19N3O2S/c1-2-30-21-14-11-16-6-3-4-7-19(16)22(21)23(29)27-18-12-9-17(10-13-18)24-28-20-8-5-15-26-25(20)31-24/h3-15H,2H2,1H3,(H,27,29). The van der Waals surface area contributed by atoms with Gasteiger partial charge in [0.05, 0.1) is 12.2 Å². The summed E-state index contributed by atoms with van der Waals surface area (Å²) in [6.45, 7) is 2.40. The lowest BCUT2D eigenvalue weighted by atomic mass is 10.0. The molecular formula is C25H19N3O2S. The minimum atomic E-state index is -0.197. The van der Waals surface area contributed by atoms with Crippen LogP contribution in [0.5, 0.6) is 5.75 Å². The summed E-state index contributed by atoms with van der Waals surface area (Å²) in [5, 5.41) is 5.77. The van der Waals surface area contributed by atoms with Gasteiger partial charge in [-0.2, -0.15) is 0 Å². The summed E-state index contributed by atoms with van der Waals surface area (Å²) in [7, 11) is 0. The van der Waals surface area contributed by atoms with Crippen molar-refractivity contribution in [3.05, 3.63) is 84.6 Å². The number of benzene rings is 3. The third-order valence-electron chi connectivity index (χ3n) is 4.97. The zero-order valence-corrected chi connectivity index (χ0v) is 17.6. The number of anilines is 1. The minimum absolute atomic E-state index is 0.197. The number of thiazole rings is 1. The number of nitrogens with zero attached hydrogens (tertiary/aromatic N) is 2. The Bertz CT molecular complexity index is 1360. The van der Waals surface area contributed by atoms with Crippen molar-refractivity contribution in [1.82, 2.24) is 9.97 Å². The van der Waals surface area contributed by atoms with E-state index in [0.29, 0.717) is 23.6 Å². The van der Waals surface area contributed by atoms with Crippen LogP contribution in [-0.2, 0) is 0 Å². The molecule has 1 N–H and O–H groups in total. The van der Waals surface area contributed by atoms with E-state index in [1.807, 2.05) is 79.7 Å². The molecule has 0 radical (unpaired) electrons. The van der Waals surface area contributed by atoms with Gasteiger partial charge in [-0.15, -0.1) is 0 Å². The molecule has 0 aliphatic rings. The van der Waals surface area contributed by atoms with E-state index in [-0.39, 0.29) is 5.91 Å². The minimum Gasteiger partial charge on any atom is -0.493 e. The van der Waals surface area contributed by atoms with Gasteiger partial charge in [0.2, 0.25) is 0 Å². The molecule has 31 heavy (non-hydrogen) atoms. The van der Waals surface area contributed by atoms with Crippen LogP contribution in [-0.4, -0.2) is 22.5 Å². The van der Waals surface area contributed by atoms with Crippen LogP contribution in [0.25, 0.3) is 31.7 Å². The van der Waals surface area contributed by atoms with Crippen LogP contribution in [0.2, 0.25) is 0 Å². The molecule has 1 amide bonds. The molecule has 0 bridgehead atoms. The van der Waals surface area contributed by atoms with Gasteiger partial charge >= 0.3 is 0 Å². The zero-order valence-electron chi connectivity index (χ0n) is 16.8. The van der Waals surface area contributed by atoms with Gasteiger partial charge in [0.25, 0.3) is 5.91 Å². The lowest BCUT2D eigenvalue weighted by Gasteiger charge is -2.13. The fourth-order valence-electron chi connectivity index (χ4n) is 3.54. The quantitative estimate of drug-likeness (QED) is 0.366. The fourth-order valence-corrected chi connectivity index (χ4v) is 4.46. The number of nitrogens with one attached hydrogen (secondary N) is 1. The first-order valence-corrected chi connectivity index (χ1v) is 10.8. The topological polar surface area (TPSA) is 64.1 Å². The lowest BCUT2D eigenvalue weighted by molar-refractivity contribution is 0.102. The van der Waals surface area contributed by atoms with Crippen LogP contribution in [0.3, 0.4) is 0 Å². The number of ether oxygens (including phenoxy) is 1. The first kappa shape index (κ1) is 19.2. The van der Waals surface area contributed by atoms with E-state index < -0.39 is 0 Å². The predicted octanol–water partition coefficient (Wildman–Crippen LogP) is 6.16. The summed E-state index contributed by atoms with van der Waals surface area (Å²) in [6, 6.07) is 23.2. The van der Waals surface area contributed by atoms with Crippen LogP contribution in [0.15, 0.2) is 79.0 Å². The highest BCUT2D eigenvalue weighted by atomic mass is 32.1. The van der Waals surface area contributed by atoms with Crippen molar-refractivity contribution in [2.45, 2.75) is 6.92 Å². The summed E-state index contributed by atoms with van der Waals surface area (Å²) >= 11 is 1.55. The number of amides is 1. The fraction of sp³-hybridized carbons (Fsp3) is 0.0800. The predicted molar refractivity (Wildman–Crippen MR) is 126 cm³/mol. The molecule has 0 saturated heterocycles. The van der Waals surface area contributed by atoms with Crippen molar-refractivity contribution in [2.24, 2.45) is 0 Å². The summed E-state index contributed by atoms with van der Waals surface area (Å²) in [6.07, 6.45) is 1.77. The van der Waals surface area contributed by atoms with Gasteiger partial charge in [-0.3, -0.25) is 4.79 Å². The zero-order chi connectivity index (χ0) is 21.2. The molecule has 5 nitrogen and oxygen atoms in total. The summed E-state index contributed by atoms with van der Waals surface area (Å²) in [5.74, 6) is 0.384. The van der Waals surface area contributed by atoms with Crippen molar-refractivity contribution in [3.8, 4) is 16.3 Å². The Labute approximate surface area is 183 Å². The number of hydrogen-bond donors (Lipinski definition) is 1. The SMILES string of the molecule is CCOc1ccc2ccccc2c1C(=O)Nc1ccc(-c2nc3cccnc3s2)cc1. The Morgan fingerprint density at radius 3 is 2.65 bits per heavy atom. The van der Waals surface area contributed by atoms with E-state index in [1.54, 1.807) is 17.5 Å². The number of fused-ring (bicyclic) bond motifs is 2. The number of rotatable bonds is 5. The summed E-state index contributed by atoms with van der Waals surface area (Å²) < 4.78 is 5.74. The van der Waals surface area contributed by atoms with Crippen molar-refractivity contribution in [3.63, 3.8) is 0 Å². The maximum absolute atomic E-state index is 13.2. The molecule has 0 unspecified atom stereocenters. The highest BCUT2D eigenvalue weighted by Gasteiger charge is 2.17. The average Bonchev–Trinajstić information content (AvgIpc) is 3.24. The highest BCUT2D eigenvalue weighted by molar-refractivity contribution is 7.21. The highest BCUT2D eigenvalue weighted by Crippen LogP contribution is 2.31. The maximum Gasteiger partial charge on any atom is 0.260 e. The van der Waals surface area contributed by atoms with E-state index in [2.05, 4.69) is 15.3 Å². The van der Waals surface area contributed by atoms with E-state index in [1.165, 1.54) is 0 Å².